The number of anilines is 1. The molecule has 0 bridgehead atoms. The molecule has 0 aliphatic carbocycles. The summed E-state index contributed by atoms with van der Waals surface area (Å²) in [7, 11) is 1.74. The summed E-state index contributed by atoms with van der Waals surface area (Å²) in [4.78, 5) is 4.93. The summed E-state index contributed by atoms with van der Waals surface area (Å²) in [5, 5.41) is 0. The minimum absolute atomic E-state index is 0. The highest BCUT2D eigenvalue weighted by molar-refractivity contribution is 5.85. The highest BCUT2D eigenvalue weighted by atomic mass is 35.5. The lowest BCUT2D eigenvalue weighted by Crippen LogP contribution is -2.53. The molecule has 4 nitrogen and oxygen atoms in total. The Morgan fingerprint density at radius 1 is 0.960 bits per heavy atom. The summed E-state index contributed by atoms with van der Waals surface area (Å²) in [6.07, 6.45) is 1.02. The summed E-state index contributed by atoms with van der Waals surface area (Å²) < 4.78 is 5.50. The van der Waals surface area contributed by atoms with Gasteiger partial charge in [0.15, 0.2) is 0 Å². The molecule has 1 heterocycles. The highest BCUT2D eigenvalue weighted by Crippen LogP contribution is 2.28. The Balaban J connectivity index is 0.00000225. The Kier molecular flexibility index (Phi) is 7.56. The molecule has 2 aromatic carbocycles. The number of hydrogen-bond donors (Lipinski definition) is 1. The fourth-order valence-electron chi connectivity index (χ4n) is 3.47. The van der Waals surface area contributed by atoms with Crippen molar-refractivity contribution in [3.63, 3.8) is 0 Å². The average molecular weight is 362 g/mol. The number of benzene rings is 2. The topological polar surface area (TPSA) is 41.7 Å². The Morgan fingerprint density at radius 3 is 2.24 bits per heavy atom. The Labute approximate surface area is 157 Å². The van der Waals surface area contributed by atoms with E-state index in [1.54, 1.807) is 7.11 Å². The van der Waals surface area contributed by atoms with Gasteiger partial charge in [0, 0.05) is 38.8 Å². The molecule has 136 valence electrons. The summed E-state index contributed by atoms with van der Waals surface area (Å²) in [6.45, 7) is 4.78. The van der Waals surface area contributed by atoms with Gasteiger partial charge in [-0.3, -0.25) is 4.90 Å². The molecule has 25 heavy (non-hydrogen) atoms. The first kappa shape index (κ1) is 19.6. The molecule has 0 unspecified atom stereocenters. The van der Waals surface area contributed by atoms with Crippen LogP contribution in [-0.2, 0) is 6.42 Å². The number of para-hydroxylation sites is 2. The molecule has 1 fully saturated rings. The molecule has 5 heteroatoms. The van der Waals surface area contributed by atoms with Crippen molar-refractivity contribution in [2.24, 2.45) is 5.73 Å². The Bertz CT molecular complexity index is 630. The lowest BCUT2D eigenvalue weighted by molar-refractivity contribution is 0.187. The molecule has 0 amide bonds. The van der Waals surface area contributed by atoms with Crippen LogP contribution < -0.4 is 15.4 Å². The monoisotopic (exact) mass is 361 g/mol. The molecule has 1 aliphatic heterocycles. The summed E-state index contributed by atoms with van der Waals surface area (Å²) in [5.74, 6) is 0.950. The normalized spacial score (nSPS) is 16.2. The Hall–Kier alpha value is -1.75. The van der Waals surface area contributed by atoms with E-state index in [4.69, 9.17) is 10.5 Å². The van der Waals surface area contributed by atoms with Crippen LogP contribution >= 0.6 is 12.4 Å². The highest BCUT2D eigenvalue weighted by Gasteiger charge is 2.24. The SMILES string of the molecule is COc1ccccc1N1CCN([C@H](CN)Cc2ccccc2)CC1.Cl. The smallest absolute Gasteiger partial charge is 0.142 e. The maximum atomic E-state index is 6.07. The van der Waals surface area contributed by atoms with Gasteiger partial charge in [0.1, 0.15) is 5.75 Å². The zero-order chi connectivity index (χ0) is 16.8. The third-order valence-electron chi connectivity index (χ3n) is 4.84. The van der Waals surface area contributed by atoms with E-state index in [1.807, 2.05) is 12.1 Å². The van der Waals surface area contributed by atoms with Gasteiger partial charge in [-0.05, 0) is 24.1 Å². The summed E-state index contributed by atoms with van der Waals surface area (Å²) in [5.41, 5.74) is 8.62. The van der Waals surface area contributed by atoms with Crippen molar-refractivity contribution in [3.8, 4) is 5.75 Å². The van der Waals surface area contributed by atoms with E-state index in [-0.39, 0.29) is 12.4 Å². The lowest BCUT2D eigenvalue weighted by atomic mass is 10.0. The maximum absolute atomic E-state index is 6.07. The zero-order valence-electron chi connectivity index (χ0n) is 14.8. The molecular weight excluding hydrogens is 334 g/mol. The fourth-order valence-corrected chi connectivity index (χ4v) is 3.47. The van der Waals surface area contributed by atoms with Crippen LogP contribution in [0, 0.1) is 0 Å². The van der Waals surface area contributed by atoms with E-state index < -0.39 is 0 Å². The molecule has 1 saturated heterocycles. The van der Waals surface area contributed by atoms with Crippen molar-refractivity contribution >= 4 is 18.1 Å². The van der Waals surface area contributed by atoms with Gasteiger partial charge in [-0.15, -0.1) is 12.4 Å². The van der Waals surface area contributed by atoms with Crippen LogP contribution in [0.1, 0.15) is 5.56 Å². The first-order valence-corrected chi connectivity index (χ1v) is 8.68. The molecule has 0 radical (unpaired) electrons. The molecule has 3 rings (SSSR count). The van der Waals surface area contributed by atoms with Gasteiger partial charge < -0.3 is 15.4 Å². The molecule has 0 aromatic heterocycles. The number of nitrogens with zero attached hydrogens (tertiary/aromatic N) is 2. The number of piperazine rings is 1. The van der Waals surface area contributed by atoms with Crippen LogP contribution in [0.25, 0.3) is 0 Å². The molecule has 0 saturated carbocycles. The quantitative estimate of drug-likeness (QED) is 0.859. The third kappa shape index (κ3) is 4.88. The van der Waals surface area contributed by atoms with Crippen LogP contribution in [0.2, 0.25) is 0 Å². The lowest BCUT2D eigenvalue weighted by Gasteiger charge is -2.40. The van der Waals surface area contributed by atoms with Crippen LogP contribution in [-0.4, -0.2) is 50.8 Å². The molecule has 0 spiro atoms. The second-order valence-corrected chi connectivity index (χ2v) is 6.27. The predicted octanol–water partition coefficient (Wildman–Crippen LogP) is 2.81. The minimum Gasteiger partial charge on any atom is -0.495 e. The van der Waals surface area contributed by atoms with Gasteiger partial charge in [-0.25, -0.2) is 0 Å². The number of ether oxygens (including phenoxy) is 1. The van der Waals surface area contributed by atoms with Gasteiger partial charge in [0.2, 0.25) is 0 Å². The maximum Gasteiger partial charge on any atom is 0.142 e. The standard InChI is InChI=1S/C20H27N3O.ClH/c1-24-20-10-6-5-9-19(20)23-13-11-22(12-14-23)18(16-21)15-17-7-3-2-4-8-17;/h2-10,18H,11-16,21H2,1H3;1H/t18-;/m0./s1. The van der Waals surface area contributed by atoms with Crippen LogP contribution in [0.15, 0.2) is 54.6 Å². The summed E-state index contributed by atoms with van der Waals surface area (Å²) >= 11 is 0. The summed E-state index contributed by atoms with van der Waals surface area (Å²) in [6, 6.07) is 19.3. The van der Waals surface area contributed by atoms with Gasteiger partial charge in [-0.1, -0.05) is 42.5 Å². The van der Waals surface area contributed by atoms with E-state index in [9.17, 15) is 0 Å². The van der Waals surface area contributed by atoms with Gasteiger partial charge in [-0.2, -0.15) is 0 Å². The average Bonchev–Trinajstić information content (AvgIpc) is 2.67. The van der Waals surface area contributed by atoms with E-state index in [1.165, 1.54) is 11.3 Å². The molecule has 2 N–H and O–H groups in total. The van der Waals surface area contributed by atoms with Crippen molar-refractivity contribution in [3.05, 3.63) is 60.2 Å². The second-order valence-electron chi connectivity index (χ2n) is 6.27. The van der Waals surface area contributed by atoms with Crippen molar-refractivity contribution < 1.29 is 4.74 Å². The van der Waals surface area contributed by atoms with Gasteiger partial charge in [0.05, 0.1) is 12.8 Å². The molecule has 1 atom stereocenters. The largest absolute Gasteiger partial charge is 0.495 e. The first-order chi connectivity index (χ1) is 11.8. The number of methoxy groups -OCH3 is 1. The van der Waals surface area contributed by atoms with Crippen LogP contribution in [0.4, 0.5) is 5.69 Å². The molecular formula is C20H28ClN3O. The van der Waals surface area contributed by atoms with Crippen molar-refractivity contribution in [1.29, 1.82) is 0 Å². The first-order valence-electron chi connectivity index (χ1n) is 8.68. The van der Waals surface area contributed by atoms with Crippen LogP contribution in [0.5, 0.6) is 5.75 Å². The van der Waals surface area contributed by atoms with Crippen molar-refractivity contribution in [2.75, 3.05) is 44.7 Å². The van der Waals surface area contributed by atoms with E-state index in [0.29, 0.717) is 12.6 Å². The second kappa shape index (κ2) is 9.66. The number of nitrogens with two attached hydrogens (primary N) is 1. The molecule has 2 aromatic rings. The Morgan fingerprint density at radius 2 is 1.60 bits per heavy atom. The van der Waals surface area contributed by atoms with Crippen LogP contribution in [0.3, 0.4) is 0 Å². The van der Waals surface area contributed by atoms with Crippen molar-refractivity contribution in [1.82, 2.24) is 4.90 Å². The van der Waals surface area contributed by atoms with E-state index in [0.717, 1.165) is 38.3 Å². The third-order valence-corrected chi connectivity index (χ3v) is 4.84. The van der Waals surface area contributed by atoms with Crippen molar-refractivity contribution in [2.45, 2.75) is 12.5 Å². The fraction of sp³-hybridized carbons (Fsp3) is 0.400. The molecule has 1 aliphatic rings. The van der Waals surface area contributed by atoms with Gasteiger partial charge in [0.25, 0.3) is 0 Å². The zero-order valence-corrected chi connectivity index (χ0v) is 15.6. The minimum atomic E-state index is 0. The number of rotatable bonds is 6. The van der Waals surface area contributed by atoms with E-state index in [2.05, 4.69) is 52.3 Å². The van der Waals surface area contributed by atoms with Gasteiger partial charge >= 0.3 is 0 Å². The number of hydrogen-bond acceptors (Lipinski definition) is 4. The van der Waals surface area contributed by atoms with E-state index >= 15 is 0 Å². The predicted molar refractivity (Wildman–Crippen MR) is 107 cm³/mol. The number of halogens is 1.